The van der Waals surface area contributed by atoms with E-state index in [1.54, 1.807) is 0 Å². The quantitative estimate of drug-likeness (QED) is 0.172. The first-order valence-electron chi connectivity index (χ1n) is 18.7. The standard InChI is InChI=1S/C52H34N2O/c1-2-16-41(17-3-1)53(42-28-26-36(27-29-42)40-25-24-35-12-4-5-13-37(35)30-40)43-18-10-14-38(31-43)39-15-11-19-44(32-39)54-49-22-8-6-20-45(49)47-34-52-48(33-50(47)54)46-21-7-9-23-51(46)55-52/h1-34H. The Morgan fingerprint density at radius 1 is 0.327 bits per heavy atom. The van der Waals surface area contributed by atoms with Crippen molar-refractivity contribution in [2.75, 3.05) is 4.90 Å². The predicted octanol–water partition coefficient (Wildman–Crippen LogP) is 14.6. The molecule has 2 aromatic heterocycles. The first-order chi connectivity index (χ1) is 27.2. The van der Waals surface area contributed by atoms with Crippen LogP contribution in [0.3, 0.4) is 0 Å². The Hall–Kier alpha value is -7.36. The monoisotopic (exact) mass is 702 g/mol. The van der Waals surface area contributed by atoms with Crippen LogP contribution >= 0.6 is 0 Å². The Labute approximate surface area is 318 Å². The summed E-state index contributed by atoms with van der Waals surface area (Å²) in [7, 11) is 0. The van der Waals surface area contributed by atoms with E-state index in [1.807, 2.05) is 12.1 Å². The van der Waals surface area contributed by atoms with Gasteiger partial charge in [-0.1, -0.05) is 127 Å². The zero-order valence-electron chi connectivity index (χ0n) is 29.9. The van der Waals surface area contributed by atoms with Gasteiger partial charge in [-0.05, 0) is 112 Å². The molecule has 0 unspecified atom stereocenters. The fourth-order valence-electron chi connectivity index (χ4n) is 8.31. The van der Waals surface area contributed by atoms with E-state index in [0.29, 0.717) is 0 Å². The number of hydrogen-bond donors (Lipinski definition) is 0. The highest BCUT2D eigenvalue weighted by Crippen LogP contribution is 2.40. The van der Waals surface area contributed by atoms with E-state index in [0.717, 1.165) is 61.3 Å². The molecule has 0 saturated carbocycles. The molecule has 0 fully saturated rings. The van der Waals surface area contributed by atoms with Crippen molar-refractivity contribution in [3.05, 3.63) is 206 Å². The first-order valence-corrected chi connectivity index (χ1v) is 18.7. The molecule has 0 aliphatic rings. The Balaban J connectivity index is 1.01. The lowest BCUT2D eigenvalue weighted by atomic mass is 10.0. The molecule has 0 spiro atoms. The number of para-hydroxylation sites is 3. The maximum Gasteiger partial charge on any atom is 0.136 e. The summed E-state index contributed by atoms with van der Waals surface area (Å²) in [6, 6.07) is 74.0. The fourth-order valence-corrected chi connectivity index (χ4v) is 8.31. The van der Waals surface area contributed by atoms with Crippen LogP contribution in [0.5, 0.6) is 0 Å². The smallest absolute Gasteiger partial charge is 0.136 e. The number of rotatable bonds is 6. The largest absolute Gasteiger partial charge is 0.456 e. The number of fused-ring (bicyclic) bond motifs is 7. The second-order valence-corrected chi connectivity index (χ2v) is 14.2. The summed E-state index contributed by atoms with van der Waals surface area (Å²) in [5, 5.41) is 7.15. The minimum atomic E-state index is 0.910. The highest BCUT2D eigenvalue weighted by Gasteiger charge is 2.18. The molecule has 0 N–H and O–H groups in total. The van der Waals surface area contributed by atoms with Crippen molar-refractivity contribution >= 4 is 71.6 Å². The second kappa shape index (κ2) is 12.6. The van der Waals surface area contributed by atoms with E-state index >= 15 is 0 Å². The summed E-state index contributed by atoms with van der Waals surface area (Å²) < 4.78 is 8.72. The molecule has 0 aliphatic carbocycles. The zero-order valence-corrected chi connectivity index (χ0v) is 29.9. The van der Waals surface area contributed by atoms with Gasteiger partial charge in [-0.15, -0.1) is 0 Å². The van der Waals surface area contributed by atoms with E-state index in [2.05, 4.69) is 204 Å². The topological polar surface area (TPSA) is 21.3 Å². The van der Waals surface area contributed by atoms with Crippen LogP contribution in [0, 0.1) is 0 Å². The average molecular weight is 703 g/mol. The molecule has 0 amide bonds. The van der Waals surface area contributed by atoms with Gasteiger partial charge in [0.1, 0.15) is 11.2 Å². The molecule has 2 heterocycles. The summed E-state index contributed by atoms with van der Waals surface area (Å²) in [6.07, 6.45) is 0. The Morgan fingerprint density at radius 3 is 1.85 bits per heavy atom. The number of furan rings is 1. The van der Waals surface area contributed by atoms with Gasteiger partial charge in [0.15, 0.2) is 0 Å². The highest BCUT2D eigenvalue weighted by molar-refractivity contribution is 6.17. The molecule has 0 saturated heterocycles. The molecule has 3 heteroatoms. The van der Waals surface area contributed by atoms with Gasteiger partial charge >= 0.3 is 0 Å². The number of aromatic nitrogens is 1. The van der Waals surface area contributed by atoms with Gasteiger partial charge in [0.05, 0.1) is 11.0 Å². The van der Waals surface area contributed by atoms with Crippen LogP contribution in [0.25, 0.3) is 82.5 Å². The molecule has 11 aromatic rings. The van der Waals surface area contributed by atoms with Gasteiger partial charge in [0.2, 0.25) is 0 Å². The summed E-state index contributed by atoms with van der Waals surface area (Å²) in [4.78, 5) is 2.34. The first kappa shape index (κ1) is 31.2. The molecule has 0 aliphatic heterocycles. The Bertz CT molecular complexity index is 3210. The van der Waals surface area contributed by atoms with Crippen LogP contribution in [0.15, 0.2) is 211 Å². The Morgan fingerprint density at radius 2 is 0.982 bits per heavy atom. The van der Waals surface area contributed by atoms with Crippen molar-refractivity contribution in [2.24, 2.45) is 0 Å². The lowest BCUT2D eigenvalue weighted by Crippen LogP contribution is -2.09. The minimum Gasteiger partial charge on any atom is -0.456 e. The second-order valence-electron chi connectivity index (χ2n) is 14.2. The van der Waals surface area contributed by atoms with E-state index in [4.69, 9.17) is 4.42 Å². The lowest BCUT2D eigenvalue weighted by Gasteiger charge is -2.26. The van der Waals surface area contributed by atoms with Crippen LogP contribution < -0.4 is 4.90 Å². The molecule has 55 heavy (non-hydrogen) atoms. The summed E-state index contributed by atoms with van der Waals surface area (Å²) in [5.74, 6) is 0. The predicted molar refractivity (Wildman–Crippen MR) is 231 cm³/mol. The van der Waals surface area contributed by atoms with E-state index in [9.17, 15) is 0 Å². The van der Waals surface area contributed by atoms with Crippen LogP contribution in [-0.2, 0) is 0 Å². The molecule has 0 bridgehead atoms. The number of hydrogen-bond acceptors (Lipinski definition) is 2. The lowest BCUT2D eigenvalue weighted by molar-refractivity contribution is 0.669. The molecule has 11 rings (SSSR count). The third-order valence-electron chi connectivity index (χ3n) is 10.9. The normalized spacial score (nSPS) is 11.6. The number of nitrogens with zero attached hydrogens (tertiary/aromatic N) is 2. The highest BCUT2D eigenvalue weighted by atomic mass is 16.3. The van der Waals surface area contributed by atoms with Crippen LogP contribution in [0.2, 0.25) is 0 Å². The van der Waals surface area contributed by atoms with Gasteiger partial charge in [-0.3, -0.25) is 0 Å². The van der Waals surface area contributed by atoms with Crippen molar-refractivity contribution in [3.8, 4) is 27.9 Å². The number of anilines is 3. The SMILES string of the molecule is c1ccc(N(c2ccc(-c3ccc4ccccc4c3)cc2)c2cccc(-c3cccc(-n4c5ccccc5c5cc6oc7ccccc7c6cc54)c3)c2)cc1. The van der Waals surface area contributed by atoms with Gasteiger partial charge in [-0.25, -0.2) is 0 Å². The fraction of sp³-hybridized carbons (Fsp3) is 0. The maximum atomic E-state index is 6.32. The van der Waals surface area contributed by atoms with Gasteiger partial charge in [0.25, 0.3) is 0 Å². The molecule has 0 radical (unpaired) electrons. The molecule has 3 nitrogen and oxygen atoms in total. The summed E-state index contributed by atoms with van der Waals surface area (Å²) in [5.41, 5.74) is 13.3. The number of benzene rings is 9. The molecule has 258 valence electrons. The van der Waals surface area contributed by atoms with Crippen molar-refractivity contribution < 1.29 is 4.42 Å². The molecular weight excluding hydrogens is 669 g/mol. The molecular formula is C52H34N2O. The van der Waals surface area contributed by atoms with Crippen LogP contribution in [0.1, 0.15) is 0 Å². The van der Waals surface area contributed by atoms with Gasteiger partial charge in [0, 0.05) is 44.3 Å². The van der Waals surface area contributed by atoms with E-state index < -0.39 is 0 Å². The minimum absolute atomic E-state index is 0.910. The van der Waals surface area contributed by atoms with E-state index in [-0.39, 0.29) is 0 Å². The maximum absolute atomic E-state index is 6.32. The summed E-state index contributed by atoms with van der Waals surface area (Å²) >= 11 is 0. The third kappa shape index (κ3) is 5.28. The third-order valence-corrected chi connectivity index (χ3v) is 10.9. The molecule has 0 atom stereocenters. The zero-order chi connectivity index (χ0) is 36.3. The van der Waals surface area contributed by atoms with Crippen molar-refractivity contribution in [3.63, 3.8) is 0 Å². The average Bonchev–Trinajstić information content (AvgIpc) is 3.78. The van der Waals surface area contributed by atoms with Gasteiger partial charge < -0.3 is 13.9 Å². The van der Waals surface area contributed by atoms with Crippen molar-refractivity contribution in [2.45, 2.75) is 0 Å². The van der Waals surface area contributed by atoms with Crippen LogP contribution in [-0.4, -0.2) is 4.57 Å². The van der Waals surface area contributed by atoms with E-state index in [1.165, 1.54) is 38.2 Å². The summed E-state index contributed by atoms with van der Waals surface area (Å²) in [6.45, 7) is 0. The van der Waals surface area contributed by atoms with Crippen molar-refractivity contribution in [1.29, 1.82) is 0 Å². The van der Waals surface area contributed by atoms with Crippen molar-refractivity contribution in [1.82, 2.24) is 4.57 Å². The Kier molecular flexibility index (Phi) is 7.17. The van der Waals surface area contributed by atoms with Crippen LogP contribution in [0.4, 0.5) is 17.1 Å². The van der Waals surface area contributed by atoms with Gasteiger partial charge in [-0.2, -0.15) is 0 Å². The molecule has 9 aromatic carbocycles.